The Bertz CT molecular complexity index is 600. The molecule has 8 heteroatoms. The second-order valence-corrected chi connectivity index (χ2v) is 9.33. The van der Waals surface area contributed by atoms with E-state index in [2.05, 4.69) is 27.0 Å². The molecule has 0 aliphatic carbocycles. The van der Waals surface area contributed by atoms with Crippen LogP contribution in [0.15, 0.2) is 0 Å². The van der Waals surface area contributed by atoms with Crippen molar-refractivity contribution in [1.82, 2.24) is 15.2 Å². The smallest absolute Gasteiger partial charge is 0.244 e. The number of sulfone groups is 1. The minimum absolute atomic E-state index is 0.182. The first-order chi connectivity index (χ1) is 9.59. The highest BCUT2D eigenvalue weighted by molar-refractivity contribution is 7.91. The summed E-state index contributed by atoms with van der Waals surface area (Å²) in [5.74, 6) is 0.952. The van der Waals surface area contributed by atoms with E-state index >= 15 is 0 Å². The van der Waals surface area contributed by atoms with Crippen LogP contribution in [0.3, 0.4) is 0 Å². The lowest BCUT2D eigenvalue weighted by molar-refractivity contribution is 0.257. The molecule has 3 N–H and O–H groups in total. The van der Waals surface area contributed by atoms with Crippen molar-refractivity contribution in [3.05, 3.63) is 5.82 Å². The summed E-state index contributed by atoms with van der Waals surface area (Å²) in [5.41, 5.74) is 5.99. The third-order valence-electron chi connectivity index (χ3n) is 4.72. The number of rotatable bonds is 4. The summed E-state index contributed by atoms with van der Waals surface area (Å²) in [6, 6.07) is 0. The van der Waals surface area contributed by atoms with Crippen LogP contribution in [0, 0.1) is 5.41 Å². The van der Waals surface area contributed by atoms with Gasteiger partial charge in [0.1, 0.15) is 10.6 Å². The van der Waals surface area contributed by atoms with Gasteiger partial charge in [0.2, 0.25) is 5.95 Å². The number of nitrogens with two attached hydrogens (primary N) is 1. The highest BCUT2D eigenvalue weighted by atomic mass is 32.2. The summed E-state index contributed by atoms with van der Waals surface area (Å²) in [5, 5.41) is 6.97. The van der Waals surface area contributed by atoms with Gasteiger partial charge in [-0.1, -0.05) is 6.92 Å². The molecule has 21 heavy (non-hydrogen) atoms. The number of nitrogens with one attached hydrogen (secondary N) is 1. The van der Waals surface area contributed by atoms with Crippen LogP contribution in [-0.4, -0.2) is 49.5 Å². The lowest BCUT2D eigenvalue weighted by Gasteiger charge is -2.38. The molecule has 0 bridgehead atoms. The van der Waals surface area contributed by atoms with Gasteiger partial charge in [0.05, 0.1) is 0 Å². The molecule has 0 radical (unpaired) electrons. The summed E-state index contributed by atoms with van der Waals surface area (Å²) >= 11 is 0. The predicted octanol–water partition coefficient (Wildman–Crippen LogP) is 0.650. The average Bonchev–Trinajstić information content (AvgIpc) is 2.88. The molecule has 0 atom stereocenters. The van der Waals surface area contributed by atoms with Gasteiger partial charge in [-0.15, -0.1) is 5.10 Å². The van der Waals surface area contributed by atoms with Crippen molar-refractivity contribution in [1.29, 1.82) is 0 Å². The first-order valence-corrected chi connectivity index (χ1v) is 9.06. The Balaban J connectivity index is 2.15. The van der Waals surface area contributed by atoms with E-state index in [-0.39, 0.29) is 5.41 Å². The average molecular weight is 315 g/mol. The Morgan fingerprint density at radius 2 is 1.95 bits per heavy atom. The van der Waals surface area contributed by atoms with E-state index in [1.807, 2.05) is 0 Å². The zero-order chi connectivity index (χ0) is 15.9. The quantitative estimate of drug-likeness (QED) is 0.845. The summed E-state index contributed by atoms with van der Waals surface area (Å²) in [7, 11) is -3.26. The van der Waals surface area contributed by atoms with E-state index in [4.69, 9.17) is 5.73 Å². The fraction of sp³-hybridized carbons (Fsp3) is 0.846. The van der Waals surface area contributed by atoms with Gasteiger partial charge in [-0.2, -0.15) is 4.98 Å². The summed E-state index contributed by atoms with van der Waals surface area (Å²) in [6.45, 7) is 7.82. The number of aromatic amines is 1. The minimum atomic E-state index is -3.26. The molecule has 7 nitrogen and oxygen atoms in total. The zero-order valence-electron chi connectivity index (χ0n) is 13.2. The van der Waals surface area contributed by atoms with Crippen molar-refractivity contribution in [2.75, 3.05) is 30.8 Å². The Morgan fingerprint density at radius 3 is 2.43 bits per heavy atom. The van der Waals surface area contributed by atoms with E-state index in [0.717, 1.165) is 25.9 Å². The molecule has 0 spiro atoms. The fourth-order valence-corrected chi connectivity index (χ4v) is 2.73. The largest absolute Gasteiger partial charge is 0.340 e. The monoisotopic (exact) mass is 315 g/mol. The first-order valence-electron chi connectivity index (χ1n) is 7.17. The van der Waals surface area contributed by atoms with Crippen molar-refractivity contribution in [2.24, 2.45) is 11.1 Å². The summed E-state index contributed by atoms with van der Waals surface area (Å²) in [4.78, 5) is 6.47. The van der Waals surface area contributed by atoms with Gasteiger partial charge in [-0.3, -0.25) is 5.10 Å². The van der Waals surface area contributed by atoms with Crippen LogP contribution in [0.5, 0.6) is 0 Å². The van der Waals surface area contributed by atoms with Crippen molar-refractivity contribution >= 4 is 15.8 Å². The number of hydrogen-bond acceptors (Lipinski definition) is 6. The van der Waals surface area contributed by atoms with Crippen molar-refractivity contribution < 1.29 is 8.42 Å². The lowest BCUT2D eigenvalue weighted by Crippen LogP contribution is -2.42. The number of piperidine rings is 1. The fourth-order valence-electron chi connectivity index (χ4n) is 2.29. The van der Waals surface area contributed by atoms with Crippen LogP contribution in [0.1, 0.15) is 39.4 Å². The number of H-pyrrole nitrogens is 1. The van der Waals surface area contributed by atoms with Gasteiger partial charge in [0.15, 0.2) is 9.84 Å². The normalized spacial score (nSPS) is 19.8. The molecule has 2 rings (SSSR count). The molecule has 1 aliphatic heterocycles. The molecule has 2 heterocycles. The maximum atomic E-state index is 11.8. The topological polar surface area (TPSA) is 105 Å². The third-order valence-corrected chi connectivity index (χ3v) is 6.76. The SMILES string of the molecule is CC1(CN)CCN(c2n[nH]c(C(C)(C)S(C)(=O)=O)n2)CC1. The van der Waals surface area contributed by atoms with E-state index in [0.29, 0.717) is 18.3 Å². The van der Waals surface area contributed by atoms with Crippen LogP contribution in [0.4, 0.5) is 5.95 Å². The molecule has 0 amide bonds. The van der Waals surface area contributed by atoms with E-state index in [1.54, 1.807) is 13.8 Å². The molecule has 1 saturated heterocycles. The maximum absolute atomic E-state index is 11.8. The van der Waals surface area contributed by atoms with Crippen LogP contribution in [-0.2, 0) is 14.6 Å². The van der Waals surface area contributed by atoms with Crippen LogP contribution < -0.4 is 10.6 Å². The van der Waals surface area contributed by atoms with Gasteiger partial charge in [0, 0.05) is 19.3 Å². The second kappa shape index (κ2) is 5.24. The molecule has 1 aromatic rings. The molecule has 1 fully saturated rings. The predicted molar refractivity (Wildman–Crippen MR) is 82.9 cm³/mol. The molecular weight excluding hydrogens is 290 g/mol. The van der Waals surface area contributed by atoms with E-state index in [1.165, 1.54) is 6.26 Å². The second-order valence-electron chi connectivity index (χ2n) is 6.77. The number of hydrogen-bond donors (Lipinski definition) is 2. The summed E-state index contributed by atoms with van der Waals surface area (Å²) < 4.78 is 22.6. The highest BCUT2D eigenvalue weighted by Gasteiger charge is 2.37. The zero-order valence-corrected chi connectivity index (χ0v) is 14.0. The number of anilines is 1. The van der Waals surface area contributed by atoms with Gasteiger partial charge < -0.3 is 10.6 Å². The van der Waals surface area contributed by atoms with Crippen molar-refractivity contribution in [3.8, 4) is 0 Å². The number of nitrogens with zero attached hydrogens (tertiary/aromatic N) is 3. The lowest BCUT2D eigenvalue weighted by atomic mass is 9.81. The highest BCUT2D eigenvalue weighted by Crippen LogP contribution is 2.32. The Morgan fingerprint density at radius 1 is 1.38 bits per heavy atom. The Hall–Kier alpha value is -1.15. The molecule has 0 saturated carbocycles. The van der Waals surface area contributed by atoms with Gasteiger partial charge in [0.25, 0.3) is 0 Å². The Kier molecular flexibility index (Phi) is 4.05. The van der Waals surface area contributed by atoms with Crippen LogP contribution in [0.25, 0.3) is 0 Å². The number of aromatic nitrogens is 3. The van der Waals surface area contributed by atoms with Crippen LogP contribution >= 0.6 is 0 Å². The maximum Gasteiger partial charge on any atom is 0.244 e. The first kappa shape index (κ1) is 16.2. The van der Waals surface area contributed by atoms with E-state index in [9.17, 15) is 8.42 Å². The molecule has 0 aromatic carbocycles. The Labute approximate surface area is 126 Å². The summed E-state index contributed by atoms with van der Waals surface area (Å²) in [6.07, 6.45) is 3.19. The van der Waals surface area contributed by atoms with Crippen molar-refractivity contribution in [2.45, 2.75) is 38.4 Å². The van der Waals surface area contributed by atoms with Crippen molar-refractivity contribution in [3.63, 3.8) is 0 Å². The third kappa shape index (κ3) is 3.06. The van der Waals surface area contributed by atoms with Gasteiger partial charge >= 0.3 is 0 Å². The minimum Gasteiger partial charge on any atom is -0.340 e. The molecule has 120 valence electrons. The molecule has 1 aliphatic rings. The van der Waals surface area contributed by atoms with Crippen LogP contribution in [0.2, 0.25) is 0 Å². The van der Waals surface area contributed by atoms with Gasteiger partial charge in [-0.05, 0) is 38.6 Å². The standard InChI is InChI=1S/C13H25N5O2S/c1-12(2,21(4,19)20)10-15-11(17-16-10)18-7-5-13(3,9-14)6-8-18/h5-9,14H2,1-4H3,(H,15,16,17). The van der Waals surface area contributed by atoms with E-state index < -0.39 is 14.6 Å². The molecule has 0 unspecified atom stereocenters. The van der Waals surface area contributed by atoms with Gasteiger partial charge in [-0.25, -0.2) is 8.42 Å². The molecular formula is C13H25N5O2S. The molecule has 1 aromatic heterocycles.